The smallest absolute Gasteiger partial charge is 0.207 e. The molecule has 0 amide bonds. The summed E-state index contributed by atoms with van der Waals surface area (Å²) in [7, 11) is -2.00. The van der Waals surface area contributed by atoms with Crippen molar-refractivity contribution in [2.45, 2.75) is 11.4 Å². The van der Waals surface area contributed by atoms with E-state index in [-0.39, 0.29) is 4.90 Å². The molecule has 2 aromatic rings. The first-order valence-electron chi connectivity index (χ1n) is 5.96. The fourth-order valence-electron chi connectivity index (χ4n) is 1.75. The molecule has 0 spiro atoms. The summed E-state index contributed by atoms with van der Waals surface area (Å²) in [5.41, 5.74) is 0.914. The number of nitrogens with zero attached hydrogens (tertiary/aromatic N) is 1. The van der Waals surface area contributed by atoms with Gasteiger partial charge in [0.05, 0.1) is 9.92 Å². The standard InChI is InChI=1S/C14H12Br2ClNO2S/c1-18(9-10-2-4-11(15)5-3-10)21(19,20)12-6-7-14(17)13(16)8-12/h2-8H,9H2,1H3. The molecule has 21 heavy (non-hydrogen) atoms. The number of halogens is 3. The van der Waals surface area contributed by atoms with E-state index >= 15 is 0 Å². The molecule has 0 N–H and O–H groups in total. The molecule has 0 unspecified atom stereocenters. The van der Waals surface area contributed by atoms with Gasteiger partial charge in [-0.05, 0) is 51.8 Å². The molecule has 2 rings (SSSR count). The number of hydrogen-bond donors (Lipinski definition) is 0. The van der Waals surface area contributed by atoms with Gasteiger partial charge in [0.1, 0.15) is 0 Å². The zero-order chi connectivity index (χ0) is 15.6. The SMILES string of the molecule is CN(Cc1ccc(Br)cc1)S(=O)(=O)c1ccc(Cl)c(Br)c1. The molecular formula is C14H12Br2ClNO2S. The molecule has 0 fully saturated rings. The van der Waals surface area contributed by atoms with Crippen LogP contribution in [0.1, 0.15) is 5.56 Å². The third kappa shape index (κ3) is 4.07. The lowest BCUT2D eigenvalue weighted by atomic mass is 10.2. The van der Waals surface area contributed by atoms with E-state index in [0.717, 1.165) is 10.0 Å². The van der Waals surface area contributed by atoms with E-state index in [1.165, 1.54) is 16.4 Å². The summed E-state index contributed by atoms with van der Waals surface area (Å²) in [5.74, 6) is 0. The molecule has 3 nitrogen and oxygen atoms in total. The van der Waals surface area contributed by atoms with E-state index in [4.69, 9.17) is 11.6 Å². The van der Waals surface area contributed by atoms with Gasteiger partial charge >= 0.3 is 0 Å². The molecule has 0 radical (unpaired) electrons. The van der Waals surface area contributed by atoms with Crippen molar-refractivity contribution in [3.05, 3.63) is 62.0 Å². The van der Waals surface area contributed by atoms with Crippen LogP contribution >= 0.6 is 43.5 Å². The first-order valence-corrected chi connectivity index (χ1v) is 9.37. The van der Waals surface area contributed by atoms with Gasteiger partial charge in [0.15, 0.2) is 0 Å². The summed E-state index contributed by atoms with van der Waals surface area (Å²) in [6.07, 6.45) is 0. The first-order chi connectivity index (χ1) is 9.80. The maximum Gasteiger partial charge on any atom is 0.243 e. The number of hydrogen-bond acceptors (Lipinski definition) is 2. The van der Waals surface area contributed by atoms with E-state index in [0.29, 0.717) is 16.0 Å². The third-order valence-electron chi connectivity index (χ3n) is 2.92. The Morgan fingerprint density at radius 1 is 1.10 bits per heavy atom. The second kappa shape index (κ2) is 6.79. The number of benzene rings is 2. The second-order valence-electron chi connectivity index (χ2n) is 4.46. The molecule has 0 bridgehead atoms. The summed E-state index contributed by atoms with van der Waals surface area (Å²) < 4.78 is 27.9. The highest BCUT2D eigenvalue weighted by Gasteiger charge is 2.21. The molecule has 0 aliphatic heterocycles. The Balaban J connectivity index is 2.25. The Hall–Kier alpha value is -0.400. The van der Waals surface area contributed by atoms with Crippen LogP contribution in [0.25, 0.3) is 0 Å². The minimum atomic E-state index is -3.55. The van der Waals surface area contributed by atoms with Crippen LogP contribution in [0.4, 0.5) is 0 Å². The topological polar surface area (TPSA) is 37.4 Å². The van der Waals surface area contributed by atoms with E-state index in [1.807, 2.05) is 24.3 Å². The highest BCUT2D eigenvalue weighted by molar-refractivity contribution is 9.10. The van der Waals surface area contributed by atoms with Crippen molar-refractivity contribution < 1.29 is 8.42 Å². The van der Waals surface area contributed by atoms with Gasteiger partial charge in [-0.3, -0.25) is 0 Å². The van der Waals surface area contributed by atoms with Crippen LogP contribution in [0.5, 0.6) is 0 Å². The predicted octanol–water partition coefficient (Wildman–Crippen LogP) is 4.69. The average molecular weight is 454 g/mol. The average Bonchev–Trinajstić information content (AvgIpc) is 2.44. The Morgan fingerprint density at radius 3 is 2.29 bits per heavy atom. The van der Waals surface area contributed by atoms with Crippen LogP contribution in [-0.4, -0.2) is 19.8 Å². The maximum atomic E-state index is 12.5. The predicted molar refractivity (Wildman–Crippen MR) is 91.9 cm³/mol. The second-order valence-corrected chi connectivity index (χ2v) is 8.69. The van der Waals surface area contributed by atoms with Crippen LogP contribution in [0.15, 0.2) is 56.3 Å². The van der Waals surface area contributed by atoms with Gasteiger partial charge in [0.25, 0.3) is 0 Å². The molecule has 0 aliphatic rings. The Morgan fingerprint density at radius 2 is 1.71 bits per heavy atom. The minimum absolute atomic E-state index is 0.207. The van der Waals surface area contributed by atoms with Gasteiger partial charge in [0.2, 0.25) is 10.0 Å². The van der Waals surface area contributed by atoms with E-state index in [1.54, 1.807) is 13.1 Å². The van der Waals surface area contributed by atoms with Crippen molar-refractivity contribution in [2.24, 2.45) is 0 Å². The van der Waals surface area contributed by atoms with Crippen molar-refractivity contribution in [2.75, 3.05) is 7.05 Å². The highest BCUT2D eigenvalue weighted by Crippen LogP contribution is 2.27. The highest BCUT2D eigenvalue weighted by atomic mass is 79.9. The number of sulfonamides is 1. The van der Waals surface area contributed by atoms with Crippen molar-refractivity contribution in [3.63, 3.8) is 0 Å². The lowest BCUT2D eigenvalue weighted by Crippen LogP contribution is -2.26. The van der Waals surface area contributed by atoms with Crippen molar-refractivity contribution in [1.82, 2.24) is 4.31 Å². The largest absolute Gasteiger partial charge is 0.243 e. The van der Waals surface area contributed by atoms with Gasteiger partial charge in [-0.2, -0.15) is 4.31 Å². The maximum absolute atomic E-state index is 12.5. The van der Waals surface area contributed by atoms with Crippen LogP contribution in [0.3, 0.4) is 0 Å². The molecule has 0 saturated heterocycles. The molecule has 0 aliphatic carbocycles. The summed E-state index contributed by atoms with van der Waals surface area (Å²) in [4.78, 5) is 0.207. The number of rotatable bonds is 4. The Kier molecular flexibility index (Phi) is 5.48. The van der Waals surface area contributed by atoms with Gasteiger partial charge in [-0.25, -0.2) is 8.42 Å². The van der Waals surface area contributed by atoms with E-state index in [9.17, 15) is 8.42 Å². The quantitative estimate of drug-likeness (QED) is 0.674. The summed E-state index contributed by atoms with van der Waals surface area (Å²) >= 11 is 12.5. The molecule has 2 aromatic carbocycles. The lowest BCUT2D eigenvalue weighted by Gasteiger charge is -2.17. The summed E-state index contributed by atoms with van der Waals surface area (Å²) in [6, 6.07) is 12.1. The molecule has 0 heterocycles. The minimum Gasteiger partial charge on any atom is -0.207 e. The molecule has 7 heteroatoms. The Labute approximate surface area is 146 Å². The monoisotopic (exact) mass is 451 g/mol. The van der Waals surface area contributed by atoms with Gasteiger partial charge in [-0.15, -0.1) is 0 Å². The Bertz CT molecular complexity index is 748. The summed E-state index contributed by atoms with van der Waals surface area (Å²) in [6.45, 7) is 0.301. The molecule has 0 aromatic heterocycles. The third-order valence-corrected chi connectivity index (χ3v) is 6.46. The molecule has 0 atom stereocenters. The summed E-state index contributed by atoms with van der Waals surface area (Å²) in [5, 5.41) is 0.476. The van der Waals surface area contributed by atoms with Crippen molar-refractivity contribution in [3.8, 4) is 0 Å². The van der Waals surface area contributed by atoms with Crippen molar-refractivity contribution >= 4 is 53.5 Å². The normalized spacial score (nSPS) is 11.9. The first kappa shape index (κ1) is 17.0. The molecule has 112 valence electrons. The van der Waals surface area contributed by atoms with Crippen LogP contribution in [0.2, 0.25) is 5.02 Å². The van der Waals surface area contributed by atoms with Crippen LogP contribution in [0, 0.1) is 0 Å². The van der Waals surface area contributed by atoms with E-state index in [2.05, 4.69) is 31.9 Å². The fourth-order valence-corrected chi connectivity index (χ4v) is 3.85. The van der Waals surface area contributed by atoms with Crippen LogP contribution < -0.4 is 0 Å². The van der Waals surface area contributed by atoms with Gasteiger partial charge in [0, 0.05) is 22.5 Å². The van der Waals surface area contributed by atoms with Crippen LogP contribution in [-0.2, 0) is 16.6 Å². The van der Waals surface area contributed by atoms with E-state index < -0.39 is 10.0 Å². The fraction of sp³-hybridized carbons (Fsp3) is 0.143. The lowest BCUT2D eigenvalue weighted by molar-refractivity contribution is 0.466. The van der Waals surface area contributed by atoms with Gasteiger partial charge < -0.3 is 0 Å². The van der Waals surface area contributed by atoms with Crippen molar-refractivity contribution in [1.29, 1.82) is 0 Å². The zero-order valence-corrected chi connectivity index (χ0v) is 15.8. The zero-order valence-electron chi connectivity index (χ0n) is 11.1. The molecular weight excluding hydrogens is 441 g/mol. The molecule has 0 saturated carbocycles. The van der Waals surface area contributed by atoms with Gasteiger partial charge in [-0.1, -0.05) is 39.7 Å².